The van der Waals surface area contributed by atoms with Crippen molar-refractivity contribution in [3.63, 3.8) is 0 Å². The van der Waals surface area contributed by atoms with Gasteiger partial charge in [-0.3, -0.25) is 4.90 Å². The van der Waals surface area contributed by atoms with Gasteiger partial charge in [-0.25, -0.2) is 4.99 Å². The predicted octanol–water partition coefficient (Wildman–Crippen LogP) is 3.96. The fourth-order valence-corrected chi connectivity index (χ4v) is 3.73. The molecule has 0 spiro atoms. The first kappa shape index (κ1) is 21.0. The van der Waals surface area contributed by atoms with Crippen LogP contribution in [0.4, 0.5) is 11.4 Å². The Morgan fingerprint density at radius 1 is 1.10 bits per heavy atom. The van der Waals surface area contributed by atoms with Gasteiger partial charge >= 0.3 is 0 Å². The lowest BCUT2D eigenvalue weighted by molar-refractivity contribution is 0.497. The molecule has 154 valence electrons. The van der Waals surface area contributed by atoms with Gasteiger partial charge in [-0.2, -0.15) is 4.99 Å². The lowest BCUT2D eigenvalue weighted by atomic mass is 10.1. The van der Waals surface area contributed by atoms with E-state index in [0.29, 0.717) is 5.96 Å². The molecule has 1 atom stereocenters. The molecular weight excluding hydrogens is 384 g/mol. The zero-order valence-electron chi connectivity index (χ0n) is 17.0. The highest BCUT2D eigenvalue weighted by atomic mass is 35.5. The molecule has 4 rings (SSSR count). The third kappa shape index (κ3) is 4.65. The Bertz CT molecular complexity index is 886. The van der Waals surface area contributed by atoms with Crippen LogP contribution in [0.25, 0.3) is 0 Å². The zero-order valence-corrected chi connectivity index (χ0v) is 17.8. The summed E-state index contributed by atoms with van der Waals surface area (Å²) in [5.41, 5.74) is 10.7. The SMILES string of the molecule is CCc1ccc(NC2N=C(N)N=C(N3CCCC3)N2c2cccc(C)c2)cc1.Cl. The number of aryl methyl sites for hydroxylation is 2. The van der Waals surface area contributed by atoms with Gasteiger partial charge in [0.2, 0.25) is 18.2 Å². The summed E-state index contributed by atoms with van der Waals surface area (Å²) in [5.74, 6) is 1.19. The van der Waals surface area contributed by atoms with Crippen LogP contribution in [0, 0.1) is 6.92 Å². The quantitative estimate of drug-likeness (QED) is 0.797. The van der Waals surface area contributed by atoms with Gasteiger partial charge in [-0.1, -0.05) is 31.2 Å². The molecule has 0 aliphatic carbocycles. The van der Waals surface area contributed by atoms with E-state index < -0.39 is 0 Å². The maximum Gasteiger partial charge on any atom is 0.222 e. The molecular formula is C22H29ClN6. The number of guanidine groups is 2. The van der Waals surface area contributed by atoms with E-state index in [1.54, 1.807) is 0 Å². The van der Waals surface area contributed by atoms with Gasteiger partial charge in [-0.05, 0) is 61.6 Å². The van der Waals surface area contributed by atoms with Crippen LogP contribution < -0.4 is 16.0 Å². The van der Waals surface area contributed by atoms with Crippen molar-refractivity contribution in [1.82, 2.24) is 4.90 Å². The Kier molecular flexibility index (Phi) is 6.64. The molecule has 0 saturated carbocycles. The van der Waals surface area contributed by atoms with E-state index in [4.69, 9.17) is 5.73 Å². The van der Waals surface area contributed by atoms with E-state index in [0.717, 1.165) is 36.8 Å². The van der Waals surface area contributed by atoms with Gasteiger partial charge in [0.25, 0.3) is 0 Å². The number of nitrogens with one attached hydrogen (secondary N) is 1. The summed E-state index contributed by atoms with van der Waals surface area (Å²) in [4.78, 5) is 13.7. The first-order valence-corrected chi connectivity index (χ1v) is 10.0. The van der Waals surface area contributed by atoms with Crippen molar-refractivity contribution in [3.05, 3.63) is 59.7 Å². The topological polar surface area (TPSA) is 69.2 Å². The van der Waals surface area contributed by atoms with Crippen LogP contribution in [-0.2, 0) is 6.42 Å². The number of anilines is 2. The number of nitrogens with two attached hydrogens (primary N) is 1. The Hall–Kier alpha value is -2.73. The lowest BCUT2D eigenvalue weighted by Gasteiger charge is -2.38. The molecule has 0 bridgehead atoms. The Morgan fingerprint density at radius 3 is 2.48 bits per heavy atom. The third-order valence-electron chi connectivity index (χ3n) is 5.26. The minimum Gasteiger partial charge on any atom is -0.368 e. The Labute approximate surface area is 178 Å². The molecule has 0 radical (unpaired) electrons. The fourth-order valence-electron chi connectivity index (χ4n) is 3.73. The van der Waals surface area contributed by atoms with E-state index in [1.165, 1.54) is 24.0 Å². The van der Waals surface area contributed by atoms with Crippen molar-refractivity contribution in [2.24, 2.45) is 15.7 Å². The lowest BCUT2D eigenvalue weighted by Crippen LogP contribution is -2.54. The molecule has 2 aromatic rings. The zero-order chi connectivity index (χ0) is 19.5. The molecule has 29 heavy (non-hydrogen) atoms. The van der Waals surface area contributed by atoms with Crippen molar-refractivity contribution >= 4 is 35.7 Å². The van der Waals surface area contributed by atoms with Crippen molar-refractivity contribution < 1.29 is 0 Å². The fraction of sp³-hybridized carbons (Fsp3) is 0.364. The highest BCUT2D eigenvalue weighted by Crippen LogP contribution is 2.26. The molecule has 7 heteroatoms. The first-order chi connectivity index (χ1) is 13.6. The third-order valence-corrected chi connectivity index (χ3v) is 5.26. The average molecular weight is 413 g/mol. The number of hydrogen-bond donors (Lipinski definition) is 2. The summed E-state index contributed by atoms with van der Waals surface area (Å²) in [6.45, 7) is 6.25. The first-order valence-electron chi connectivity index (χ1n) is 10.0. The second-order valence-corrected chi connectivity index (χ2v) is 7.37. The van der Waals surface area contributed by atoms with Gasteiger partial charge in [0.15, 0.2) is 0 Å². The van der Waals surface area contributed by atoms with Crippen molar-refractivity contribution in [2.75, 3.05) is 23.3 Å². The van der Waals surface area contributed by atoms with Crippen LogP contribution >= 0.6 is 12.4 Å². The molecule has 2 heterocycles. The number of aliphatic imine (C=N–C) groups is 2. The number of benzene rings is 2. The van der Waals surface area contributed by atoms with Crippen molar-refractivity contribution in [2.45, 2.75) is 39.4 Å². The highest BCUT2D eigenvalue weighted by Gasteiger charge is 2.32. The summed E-state index contributed by atoms with van der Waals surface area (Å²) in [7, 11) is 0. The summed E-state index contributed by atoms with van der Waals surface area (Å²) in [6.07, 6.45) is 3.03. The summed E-state index contributed by atoms with van der Waals surface area (Å²) < 4.78 is 0. The second kappa shape index (κ2) is 9.18. The molecule has 0 amide bonds. The van der Waals surface area contributed by atoms with Gasteiger partial charge in [0.1, 0.15) is 0 Å². The largest absolute Gasteiger partial charge is 0.368 e. The highest BCUT2D eigenvalue weighted by molar-refractivity contribution is 6.06. The van der Waals surface area contributed by atoms with E-state index in [-0.39, 0.29) is 18.7 Å². The average Bonchev–Trinajstić information content (AvgIpc) is 3.23. The summed E-state index contributed by atoms with van der Waals surface area (Å²) >= 11 is 0. The molecule has 6 nitrogen and oxygen atoms in total. The molecule has 2 aliphatic heterocycles. The van der Waals surface area contributed by atoms with Crippen LogP contribution in [0.2, 0.25) is 0 Å². The predicted molar refractivity (Wildman–Crippen MR) is 124 cm³/mol. The minimum atomic E-state index is -0.345. The van der Waals surface area contributed by atoms with Gasteiger partial charge in [-0.15, -0.1) is 12.4 Å². The number of halogens is 1. The van der Waals surface area contributed by atoms with Crippen LogP contribution in [-0.4, -0.2) is 36.2 Å². The van der Waals surface area contributed by atoms with E-state index in [1.807, 2.05) is 0 Å². The van der Waals surface area contributed by atoms with Crippen LogP contribution in [0.3, 0.4) is 0 Å². The normalized spacial score (nSPS) is 18.8. The number of hydrogen-bond acceptors (Lipinski definition) is 6. The molecule has 2 aliphatic rings. The summed E-state index contributed by atoms with van der Waals surface area (Å²) in [6, 6.07) is 16.9. The molecule has 1 saturated heterocycles. The van der Waals surface area contributed by atoms with E-state index >= 15 is 0 Å². The van der Waals surface area contributed by atoms with Crippen LogP contribution in [0.15, 0.2) is 58.5 Å². The van der Waals surface area contributed by atoms with Gasteiger partial charge in [0.05, 0.1) is 0 Å². The summed E-state index contributed by atoms with van der Waals surface area (Å²) in [5, 5.41) is 3.53. The molecule has 2 aromatic carbocycles. The Balaban J connectivity index is 0.00000240. The molecule has 1 unspecified atom stereocenters. The number of nitrogens with zero attached hydrogens (tertiary/aromatic N) is 4. The minimum absolute atomic E-state index is 0. The maximum absolute atomic E-state index is 6.12. The maximum atomic E-state index is 6.12. The van der Waals surface area contributed by atoms with Crippen LogP contribution in [0.5, 0.6) is 0 Å². The standard InChI is InChI=1S/C22H28N6.ClH/c1-3-17-9-11-18(12-10-17)24-21-25-20(23)26-22(27-13-4-5-14-27)28(21)19-8-6-7-16(2)15-19;/h6-12,15,21,24H,3-5,13-14H2,1-2H3,(H2,23,25);1H. The van der Waals surface area contributed by atoms with Crippen LogP contribution in [0.1, 0.15) is 30.9 Å². The number of rotatable bonds is 4. The smallest absolute Gasteiger partial charge is 0.222 e. The van der Waals surface area contributed by atoms with E-state index in [2.05, 4.69) is 87.5 Å². The number of likely N-dealkylation sites (tertiary alicyclic amines) is 1. The molecule has 1 fully saturated rings. The van der Waals surface area contributed by atoms with Gasteiger partial charge in [0, 0.05) is 24.5 Å². The van der Waals surface area contributed by atoms with Gasteiger partial charge < -0.3 is 16.0 Å². The van der Waals surface area contributed by atoms with Crippen molar-refractivity contribution in [1.29, 1.82) is 0 Å². The van der Waals surface area contributed by atoms with E-state index in [9.17, 15) is 0 Å². The monoisotopic (exact) mass is 412 g/mol. The molecule has 3 N–H and O–H groups in total. The second-order valence-electron chi connectivity index (χ2n) is 7.37. The molecule has 0 aromatic heterocycles. The Morgan fingerprint density at radius 2 is 1.83 bits per heavy atom. The van der Waals surface area contributed by atoms with Crippen molar-refractivity contribution in [3.8, 4) is 0 Å².